The maximum atomic E-state index is 13.3. The van der Waals surface area contributed by atoms with Gasteiger partial charge in [-0.2, -0.15) is 0 Å². The van der Waals surface area contributed by atoms with Gasteiger partial charge < -0.3 is 21.1 Å². The molecule has 5 amide bonds. The van der Waals surface area contributed by atoms with Crippen molar-refractivity contribution in [2.24, 2.45) is 0 Å². The number of ether oxygens (including phenoxy) is 1. The number of aromatic nitrogens is 1. The highest BCUT2D eigenvalue weighted by atomic mass is 32.1. The lowest BCUT2D eigenvalue weighted by atomic mass is 10.0. The molecule has 2 aliphatic heterocycles. The lowest BCUT2D eigenvalue weighted by molar-refractivity contribution is -0.136. The number of nitrogen functional groups attached to an aromatic ring is 1. The first kappa shape index (κ1) is 34.3. The standard InChI is InChI=1S/C37H38N6O6S/c1-21-18-24(12-13-27(21)38)33-22(2)50-37(42-33)41-31(45)20-23-8-6-9-25(19-23)49-17-5-3-4-16-39-28-11-7-10-26-32(28)36(48)43(35(26)47)29-14-15-30(44)40-34(29)46/h6-13,18-19,29,39H,3-5,14-17,20,38H2,1-2H3,(H,40,44,46)(H,41,42,45). The van der Waals surface area contributed by atoms with Crippen LogP contribution in [-0.4, -0.2) is 58.6 Å². The molecule has 2 aliphatic rings. The summed E-state index contributed by atoms with van der Waals surface area (Å²) in [6, 6.07) is 17.3. The number of hydrogen-bond acceptors (Lipinski definition) is 10. The normalized spacial score (nSPS) is 15.6. The molecule has 3 aromatic carbocycles. The summed E-state index contributed by atoms with van der Waals surface area (Å²) in [6.45, 7) is 5.00. The first-order valence-electron chi connectivity index (χ1n) is 16.5. The van der Waals surface area contributed by atoms with Gasteiger partial charge in [0.05, 0.1) is 29.8 Å². The van der Waals surface area contributed by atoms with Crippen LogP contribution >= 0.6 is 11.3 Å². The zero-order valence-corrected chi connectivity index (χ0v) is 28.7. The van der Waals surface area contributed by atoms with E-state index >= 15 is 0 Å². The van der Waals surface area contributed by atoms with Crippen LogP contribution in [0, 0.1) is 13.8 Å². The summed E-state index contributed by atoms with van der Waals surface area (Å²) in [5, 5.41) is 8.95. The summed E-state index contributed by atoms with van der Waals surface area (Å²) in [4.78, 5) is 69.7. The molecule has 0 aliphatic carbocycles. The summed E-state index contributed by atoms with van der Waals surface area (Å²) >= 11 is 1.43. The number of nitrogens with two attached hydrogens (primary N) is 1. The molecule has 1 atom stereocenters. The van der Waals surface area contributed by atoms with Gasteiger partial charge in [0.25, 0.3) is 11.8 Å². The minimum atomic E-state index is -1.00. The predicted molar refractivity (Wildman–Crippen MR) is 191 cm³/mol. The molecular weight excluding hydrogens is 657 g/mol. The number of nitrogens with zero attached hydrogens (tertiary/aromatic N) is 2. The topological polar surface area (TPSA) is 173 Å². The van der Waals surface area contributed by atoms with Gasteiger partial charge in [-0.3, -0.25) is 34.2 Å². The summed E-state index contributed by atoms with van der Waals surface area (Å²) in [5.74, 6) is -1.59. The number of nitrogens with one attached hydrogen (secondary N) is 3. The molecule has 3 heterocycles. The Balaban J connectivity index is 0.935. The van der Waals surface area contributed by atoms with Crippen molar-refractivity contribution in [1.82, 2.24) is 15.2 Å². The molecule has 258 valence electrons. The van der Waals surface area contributed by atoms with E-state index < -0.39 is 29.7 Å². The zero-order chi connectivity index (χ0) is 35.4. The molecule has 13 heteroatoms. The van der Waals surface area contributed by atoms with Gasteiger partial charge >= 0.3 is 0 Å². The van der Waals surface area contributed by atoms with E-state index in [2.05, 4.69) is 20.9 Å². The number of carbonyl (C=O) groups excluding carboxylic acids is 5. The Bertz CT molecular complexity index is 1990. The molecule has 0 bridgehead atoms. The fourth-order valence-corrected chi connectivity index (χ4v) is 6.97. The minimum Gasteiger partial charge on any atom is -0.494 e. The maximum absolute atomic E-state index is 13.3. The van der Waals surface area contributed by atoms with E-state index in [0.29, 0.717) is 29.7 Å². The minimum absolute atomic E-state index is 0.0719. The number of rotatable bonds is 13. The smallest absolute Gasteiger partial charge is 0.264 e. The largest absolute Gasteiger partial charge is 0.494 e. The Morgan fingerprint density at radius 3 is 2.64 bits per heavy atom. The van der Waals surface area contributed by atoms with Gasteiger partial charge in [-0.1, -0.05) is 24.3 Å². The molecule has 1 fully saturated rings. The monoisotopic (exact) mass is 694 g/mol. The molecule has 1 unspecified atom stereocenters. The predicted octanol–water partition coefficient (Wildman–Crippen LogP) is 5.25. The summed E-state index contributed by atoms with van der Waals surface area (Å²) < 4.78 is 5.96. The Morgan fingerprint density at radius 1 is 1.02 bits per heavy atom. The lowest BCUT2D eigenvalue weighted by Crippen LogP contribution is -2.54. The van der Waals surface area contributed by atoms with Crippen LogP contribution in [0.15, 0.2) is 60.7 Å². The van der Waals surface area contributed by atoms with Crippen LogP contribution in [-0.2, 0) is 20.8 Å². The number of fused-ring (bicyclic) bond motifs is 1. The Kier molecular flexibility index (Phi) is 10.2. The molecule has 6 rings (SSSR count). The molecule has 4 aromatic rings. The molecule has 1 aromatic heterocycles. The molecule has 12 nitrogen and oxygen atoms in total. The van der Waals surface area contributed by atoms with Crippen molar-refractivity contribution < 1.29 is 28.7 Å². The number of anilines is 3. The average Bonchev–Trinajstić information content (AvgIpc) is 3.57. The van der Waals surface area contributed by atoms with Crippen molar-refractivity contribution in [2.75, 3.05) is 29.5 Å². The number of thiazole rings is 1. The Morgan fingerprint density at radius 2 is 1.84 bits per heavy atom. The quantitative estimate of drug-likeness (QED) is 0.0828. The van der Waals surface area contributed by atoms with Gasteiger partial charge in [-0.25, -0.2) is 4.98 Å². The van der Waals surface area contributed by atoms with E-state index in [-0.39, 0.29) is 36.3 Å². The van der Waals surface area contributed by atoms with Crippen molar-refractivity contribution in [2.45, 2.75) is 58.4 Å². The second-order valence-electron chi connectivity index (χ2n) is 12.4. The third kappa shape index (κ3) is 7.52. The first-order valence-corrected chi connectivity index (χ1v) is 17.3. The van der Waals surface area contributed by atoms with Crippen molar-refractivity contribution in [1.29, 1.82) is 0 Å². The lowest BCUT2D eigenvalue weighted by Gasteiger charge is -2.27. The van der Waals surface area contributed by atoms with Crippen LogP contribution in [0.1, 0.15) is 68.8 Å². The third-order valence-electron chi connectivity index (χ3n) is 8.72. The van der Waals surface area contributed by atoms with Crippen LogP contribution in [0.3, 0.4) is 0 Å². The van der Waals surface area contributed by atoms with Crippen LogP contribution in [0.4, 0.5) is 16.5 Å². The number of amides is 5. The Labute approximate surface area is 293 Å². The van der Waals surface area contributed by atoms with Gasteiger partial charge in [-0.15, -0.1) is 11.3 Å². The van der Waals surface area contributed by atoms with Crippen molar-refractivity contribution >= 4 is 57.4 Å². The van der Waals surface area contributed by atoms with Gasteiger partial charge in [-0.05, 0) is 87.1 Å². The number of hydrogen-bond donors (Lipinski definition) is 4. The van der Waals surface area contributed by atoms with Crippen LogP contribution in [0.2, 0.25) is 0 Å². The van der Waals surface area contributed by atoms with Crippen LogP contribution in [0.25, 0.3) is 11.3 Å². The number of piperidine rings is 1. The summed E-state index contributed by atoms with van der Waals surface area (Å²) in [7, 11) is 0. The fourth-order valence-electron chi connectivity index (χ4n) is 6.11. The van der Waals surface area contributed by atoms with Crippen molar-refractivity contribution in [3.05, 3.63) is 87.8 Å². The first-order chi connectivity index (χ1) is 24.1. The van der Waals surface area contributed by atoms with Crippen molar-refractivity contribution in [3.8, 4) is 17.0 Å². The SMILES string of the molecule is Cc1cc(-c2nc(NC(=O)Cc3cccc(OCCCCCNc4cccc5c4C(=O)N(C4CCC(=O)NC4=O)C5=O)c3)sc2C)ccc1N. The van der Waals surface area contributed by atoms with E-state index in [0.717, 1.165) is 57.1 Å². The molecule has 0 radical (unpaired) electrons. The maximum Gasteiger partial charge on any atom is 0.264 e. The Hall–Kier alpha value is -5.56. The van der Waals surface area contributed by atoms with E-state index in [1.54, 1.807) is 18.2 Å². The fraction of sp³-hybridized carbons (Fsp3) is 0.297. The molecule has 50 heavy (non-hydrogen) atoms. The van der Waals surface area contributed by atoms with E-state index in [9.17, 15) is 24.0 Å². The molecule has 1 saturated heterocycles. The number of imide groups is 2. The summed E-state index contributed by atoms with van der Waals surface area (Å²) in [5.41, 5.74) is 11.3. The zero-order valence-electron chi connectivity index (χ0n) is 27.8. The van der Waals surface area contributed by atoms with E-state index in [4.69, 9.17) is 10.5 Å². The number of carbonyl (C=O) groups is 5. The van der Waals surface area contributed by atoms with Gasteiger partial charge in [0, 0.05) is 34.8 Å². The molecule has 0 saturated carbocycles. The number of aryl methyl sites for hydroxylation is 2. The molecule has 0 spiro atoms. The van der Waals surface area contributed by atoms with Crippen LogP contribution < -0.4 is 26.4 Å². The highest BCUT2D eigenvalue weighted by molar-refractivity contribution is 7.16. The summed E-state index contributed by atoms with van der Waals surface area (Å²) in [6.07, 6.45) is 2.80. The second-order valence-corrected chi connectivity index (χ2v) is 13.6. The highest BCUT2D eigenvalue weighted by Crippen LogP contribution is 2.33. The molecular formula is C37H38N6O6S. The number of benzene rings is 3. The van der Waals surface area contributed by atoms with E-state index in [1.165, 1.54) is 11.3 Å². The number of unbranched alkanes of at least 4 members (excludes halogenated alkanes) is 2. The average molecular weight is 695 g/mol. The van der Waals surface area contributed by atoms with E-state index in [1.807, 2.05) is 56.3 Å². The van der Waals surface area contributed by atoms with Gasteiger partial charge in [0.15, 0.2) is 5.13 Å². The highest BCUT2D eigenvalue weighted by Gasteiger charge is 2.45. The van der Waals surface area contributed by atoms with Gasteiger partial charge in [0.2, 0.25) is 17.7 Å². The van der Waals surface area contributed by atoms with Crippen molar-refractivity contribution in [3.63, 3.8) is 0 Å². The third-order valence-corrected chi connectivity index (χ3v) is 9.61. The molecule has 5 N–H and O–H groups in total. The van der Waals surface area contributed by atoms with Crippen LogP contribution in [0.5, 0.6) is 5.75 Å². The second kappa shape index (κ2) is 14.9. The van der Waals surface area contributed by atoms with Gasteiger partial charge in [0.1, 0.15) is 11.8 Å².